The first-order valence-electron chi connectivity index (χ1n) is 7.58. The van der Waals surface area contributed by atoms with Crippen LogP contribution in [0.15, 0.2) is 53.1 Å². The first kappa shape index (κ1) is 14.8. The molecule has 0 radical (unpaired) electrons. The molecule has 2 aromatic heterocycles. The van der Waals surface area contributed by atoms with E-state index < -0.39 is 0 Å². The summed E-state index contributed by atoms with van der Waals surface area (Å²) in [4.78, 5) is 6.73. The third-order valence-electron chi connectivity index (χ3n) is 4.05. The molecule has 0 amide bonds. The number of aromatic nitrogens is 3. The molecule has 4 rings (SSSR count). The van der Waals surface area contributed by atoms with Gasteiger partial charge in [0, 0.05) is 17.2 Å². The normalized spacial score (nSPS) is 17.6. The molecule has 1 aromatic carbocycles. The molecule has 0 N–H and O–H groups in total. The SMILES string of the molecule is Brc1ccc([C@H]2CCCN2c2nnc(-c3ccccn3)s2)cc1. The largest absolute Gasteiger partial charge is 0.340 e. The first-order valence-corrected chi connectivity index (χ1v) is 9.19. The van der Waals surface area contributed by atoms with Crippen molar-refractivity contribution in [2.45, 2.75) is 18.9 Å². The van der Waals surface area contributed by atoms with E-state index in [1.54, 1.807) is 17.5 Å². The van der Waals surface area contributed by atoms with Gasteiger partial charge in [-0.3, -0.25) is 4.98 Å². The summed E-state index contributed by atoms with van der Waals surface area (Å²) in [5, 5.41) is 10.6. The highest BCUT2D eigenvalue weighted by Crippen LogP contribution is 2.39. The number of pyridine rings is 1. The van der Waals surface area contributed by atoms with Crippen molar-refractivity contribution in [3.63, 3.8) is 0 Å². The van der Waals surface area contributed by atoms with E-state index in [0.717, 1.165) is 33.3 Å². The lowest BCUT2D eigenvalue weighted by Crippen LogP contribution is -2.22. The topological polar surface area (TPSA) is 41.9 Å². The van der Waals surface area contributed by atoms with Crippen molar-refractivity contribution >= 4 is 32.4 Å². The smallest absolute Gasteiger partial charge is 0.209 e. The Morgan fingerprint density at radius 2 is 1.96 bits per heavy atom. The Labute approximate surface area is 147 Å². The van der Waals surface area contributed by atoms with E-state index in [1.807, 2.05) is 18.2 Å². The molecule has 1 aliphatic rings. The van der Waals surface area contributed by atoms with E-state index >= 15 is 0 Å². The van der Waals surface area contributed by atoms with E-state index in [-0.39, 0.29) is 0 Å². The number of halogens is 1. The molecule has 0 unspecified atom stereocenters. The van der Waals surface area contributed by atoms with E-state index in [4.69, 9.17) is 0 Å². The Bertz CT molecular complexity index is 788. The Hall–Kier alpha value is -1.79. The fraction of sp³-hybridized carbons (Fsp3) is 0.235. The minimum absolute atomic E-state index is 0.382. The molecule has 1 fully saturated rings. The van der Waals surface area contributed by atoms with Gasteiger partial charge in [-0.15, -0.1) is 10.2 Å². The van der Waals surface area contributed by atoms with E-state index in [2.05, 4.69) is 60.3 Å². The maximum atomic E-state index is 4.41. The van der Waals surface area contributed by atoms with Gasteiger partial charge in [-0.25, -0.2) is 0 Å². The lowest BCUT2D eigenvalue weighted by atomic mass is 10.1. The lowest BCUT2D eigenvalue weighted by molar-refractivity contribution is 0.714. The molecule has 116 valence electrons. The van der Waals surface area contributed by atoms with Gasteiger partial charge in [0.2, 0.25) is 5.13 Å². The van der Waals surface area contributed by atoms with Gasteiger partial charge in [-0.05, 0) is 42.7 Å². The van der Waals surface area contributed by atoms with Gasteiger partial charge in [0.15, 0.2) is 5.01 Å². The molecule has 3 aromatic rings. The number of benzene rings is 1. The van der Waals surface area contributed by atoms with Gasteiger partial charge >= 0.3 is 0 Å². The van der Waals surface area contributed by atoms with Crippen LogP contribution in [0.4, 0.5) is 5.13 Å². The summed E-state index contributed by atoms with van der Waals surface area (Å²) in [6, 6.07) is 14.8. The Kier molecular flexibility index (Phi) is 4.10. The zero-order valence-corrected chi connectivity index (χ0v) is 14.8. The van der Waals surface area contributed by atoms with Crippen molar-refractivity contribution in [3.05, 3.63) is 58.7 Å². The molecule has 1 saturated heterocycles. The molecule has 1 atom stereocenters. The maximum Gasteiger partial charge on any atom is 0.209 e. The van der Waals surface area contributed by atoms with Crippen molar-refractivity contribution in [1.82, 2.24) is 15.2 Å². The molecule has 0 spiro atoms. The lowest BCUT2D eigenvalue weighted by Gasteiger charge is -2.23. The van der Waals surface area contributed by atoms with E-state index in [0.29, 0.717) is 6.04 Å². The summed E-state index contributed by atoms with van der Waals surface area (Å²) in [7, 11) is 0. The van der Waals surface area contributed by atoms with Gasteiger partial charge in [0.25, 0.3) is 0 Å². The number of anilines is 1. The molecule has 0 aliphatic carbocycles. The second-order valence-corrected chi connectivity index (χ2v) is 7.38. The molecular formula is C17H15BrN4S. The van der Waals surface area contributed by atoms with Crippen molar-refractivity contribution in [2.24, 2.45) is 0 Å². The highest BCUT2D eigenvalue weighted by atomic mass is 79.9. The van der Waals surface area contributed by atoms with Crippen LogP contribution in [0.2, 0.25) is 0 Å². The molecular weight excluding hydrogens is 372 g/mol. The quantitative estimate of drug-likeness (QED) is 0.653. The highest BCUT2D eigenvalue weighted by molar-refractivity contribution is 9.10. The summed E-state index contributed by atoms with van der Waals surface area (Å²) < 4.78 is 1.11. The summed E-state index contributed by atoms with van der Waals surface area (Å²) >= 11 is 5.12. The van der Waals surface area contributed by atoms with Crippen LogP contribution in [0.5, 0.6) is 0 Å². The predicted octanol–water partition coefficient (Wildman–Crippen LogP) is 4.70. The second-order valence-electron chi connectivity index (χ2n) is 5.51. The molecule has 3 heterocycles. The van der Waals surface area contributed by atoms with Crippen LogP contribution in [0.1, 0.15) is 24.4 Å². The minimum atomic E-state index is 0.382. The molecule has 0 saturated carbocycles. The fourth-order valence-corrected chi connectivity index (χ4v) is 4.11. The fourth-order valence-electron chi connectivity index (χ4n) is 2.95. The maximum absolute atomic E-state index is 4.41. The van der Waals surface area contributed by atoms with Crippen LogP contribution in [0, 0.1) is 0 Å². The molecule has 23 heavy (non-hydrogen) atoms. The summed E-state index contributed by atoms with van der Waals surface area (Å²) in [5.41, 5.74) is 2.22. The predicted molar refractivity (Wildman–Crippen MR) is 96.6 cm³/mol. The molecule has 6 heteroatoms. The zero-order valence-electron chi connectivity index (χ0n) is 12.4. The third-order valence-corrected chi connectivity index (χ3v) is 5.56. The summed E-state index contributed by atoms with van der Waals surface area (Å²) in [6.45, 7) is 1.03. The minimum Gasteiger partial charge on any atom is -0.340 e. The number of nitrogens with zero attached hydrogens (tertiary/aromatic N) is 4. The molecule has 0 bridgehead atoms. The highest BCUT2D eigenvalue weighted by Gasteiger charge is 2.28. The second kappa shape index (κ2) is 6.37. The average Bonchev–Trinajstić information content (AvgIpc) is 3.25. The van der Waals surface area contributed by atoms with Crippen molar-refractivity contribution < 1.29 is 0 Å². The van der Waals surface area contributed by atoms with Crippen LogP contribution in [-0.2, 0) is 0 Å². The Morgan fingerprint density at radius 1 is 1.09 bits per heavy atom. The van der Waals surface area contributed by atoms with E-state index in [1.165, 1.54) is 12.0 Å². The van der Waals surface area contributed by atoms with Gasteiger partial charge in [0.05, 0.1) is 6.04 Å². The van der Waals surface area contributed by atoms with Crippen LogP contribution in [0.25, 0.3) is 10.7 Å². The van der Waals surface area contributed by atoms with E-state index in [9.17, 15) is 0 Å². The van der Waals surface area contributed by atoms with Crippen LogP contribution in [0.3, 0.4) is 0 Å². The first-order chi connectivity index (χ1) is 11.3. The van der Waals surface area contributed by atoms with Gasteiger partial charge < -0.3 is 4.90 Å². The Balaban J connectivity index is 1.62. The average molecular weight is 387 g/mol. The summed E-state index contributed by atoms with van der Waals surface area (Å²) in [6.07, 6.45) is 4.12. The standard InChI is InChI=1S/C17H15BrN4S/c18-13-8-6-12(7-9-13)15-5-3-11-22(15)17-21-20-16(23-17)14-4-1-2-10-19-14/h1-2,4,6-10,15H,3,5,11H2/t15-/m1/s1. The number of hydrogen-bond acceptors (Lipinski definition) is 5. The van der Waals surface area contributed by atoms with Gasteiger partial charge in [-0.1, -0.05) is 45.5 Å². The van der Waals surface area contributed by atoms with Crippen LogP contribution in [-0.4, -0.2) is 21.7 Å². The molecule has 1 aliphatic heterocycles. The van der Waals surface area contributed by atoms with Gasteiger partial charge in [-0.2, -0.15) is 0 Å². The van der Waals surface area contributed by atoms with Gasteiger partial charge in [0.1, 0.15) is 5.69 Å². The summed E-state index contributed by atoms with van der Waals surface area (Å²) in [5.74, 6) is 0. The van der Waals surface area contributed by atoms with Crippen molar-refractivity contribution in [2.75, 3.05) is 11.4 Å². The van der Waals surface area contributed by atoms with Crippen LogP contribution >= 0.6 is 27.3 Å². The number of hydrogen-bond donors (Lipinski definition) is 0. The van der Waals surface area contributed by atoms with Crippen molar-refractivity contribution in [1.29, 1.82) is 0 Å². The monoisotopic (exact) mass is 386 g/mol. The third kappa shape index (κ3) is 3.01. The van der Waals surface area contributed by atoms with Crippen LogP contribution < -0.4 is 4.90 Å². The Morgan fingerprint density at radius 3 is 2.74 bits per heavy atom. The van der Waals surface area contributed by atoms with Crippen molar-refractivity contribution in [3.8, 4) is 10.7 Å². The molecule has 4 nitrogen and oxygen atoms in total. The number of rotatable bonds is 3. The zero-order chi connectivity index (χ0) is 15.6.